The van der Waals surface area contributed by atoms with Crippen LogP contribution in [0.5, 0.6) is 5.75 Å². The van der Waals surface area contributed by atoms with Gasteiger partial charge < -0.3 is 9.84 Å². The lowest BCUT2D eigenvalue weighted by Crippen LogP contribution is -2.40. The van der Waals surface area contributed by atoms with Crippen LogP contribution in [0.2, 0.25) is 0 Å². The molecule has 1 heterocycles. The van der Waals surface area contributed by atoms with Gasteiger partial charge in [-0.25, -0.2) is 13.1 Å². The zero-order valence-electron chi connectivity index (χ0n) is 19.3. The average molecular weight is 481 g/mol. The standard InChI is InChI=1S/C27H32N2O4S/c30-16-17-33-26-10-4-6-22(18-26)20-29-15-5-7-23(21-29)19-28-34(31,32)27-13-11-25(12-14-27)24-8-2-1-3-9-24/h1-4,6,8-14,18,23,28,30H,5,7,15-17,19-21H2/t23-/m0/s1. The number of piperidine rings is 1. The molecule has 0 amide bonds. The smallest absolute Gasteiger partial charge is 0.240 e. The van der Waals surface area contributed by atoms with Crippen LogP contribution in [0.15, 0.2) is 83.8 Å². The highest BCUT2D eigenvalue weighted by Crippen LogP contribution is 2.23. The second-order valence-corrected chi connectivity index (χ2v) is 10.5. The number of hydrogen-bond donors (Lipinski definition) is 2. The minimum Gasteiger partial charge on any atom is -0.491 e. The Hall–Kier alpha value is -2.71. The Kier molecular flexibility index (Phi) is 8.34. The number of benzene rings is 3. The molecule has 1 aliphatic rings. The normalized spacial score (nSPS) is 16.9. The van der Waals surface area contributed by atoms with E-state index in [1.165, 1.54) is 0 Å². The largest absolute Gasteiger partial charge is 0.491 e. The summed E-state index contributed by atoms with van der Waals surface area (Å²) in [6, 6.07) is 24.9. The molecule has 2 N–H and O–H groups in total. The molecule has 1 fully saturated rings. The van der Waals surface area contributed by atoms with Crippen molar-refractivity contribution in [1.29, 1.82) is 0 Å². The molecule has 0 bridgehead atoms. The van der Waals surface area contributed by atoms with E-state index in [2.05, 4.69) is 15.7 Å². The van der Waals surface area contributed by atoms with Crippen molar-refractivity contribution in [3.63, 3.8) is 0 Å². The first-order valence-electron chi connectivity index (χ1n) is 11.7. The van der Waals surface area contributed by atoms with Crippen molar-refractivity contribution < 1.29 is 18.3 Å². The first-order valence-corrected chi connectivity index (χ1v) is 13.2. The van der Waals surface area contributed by atoms with Crippen molar-refractivity contribution in [2.75, 3.05) is 32.8 Å². The number of nitrogens with zero attached hydrogens (tertiary/aromatic N) is 1. The zero-order valence-corrected chi connectivity index (χ0v) is 20.1. The van der Waals surface area contributed by atoms with Crippen LogP contribution in [0.25, 0.3) is 11.1 Å². The van der Waals surface area contributed by atoms with Crippen molar-refractivity contribution in [2.24, 2.45) is 5.92 Å². The Morgan fingerprint density at radius 2 is 1.74 bits per heavy atom. The number of likely N-dealkylation sites (tertiary alicyclic amines) is 1. The fraction of sp³-hybridized carbons (Fsp3) is 0.333. The van der Waals surface area contributed by atoms with Gasteiger partial charge in [-0.05, 0) is 66.3 Å². The molecule has 0 aromatic heterocycles. The van der Waals surface area contributed by atoms with Gasteiger partial charge in [-0.1, -0.05) is 54.6 Å². The highest BCUT2D eigenvalue weighted by atomic mass is 32.2. The molecule has 7 heteroatoms. The maximum Gasteiger partial charge on any atom is 0.240 e. The number of ether oxygens (including phenoxy) is 1. The minimum absolute atomic E-state index is 0.00882. The molecule has 1 atom stereocenters. The van der Waals surface area contributed by atoms with Gasteiger partial charge in [-0.3, -0.25) is 4.90 Å². The van der Waals surface area contributed by atoms with Crippen molar-refractivity contribution in [3.05, 3.63) is 84.4 Å². The highest BCUT2D eigenvalue weighted by molar-refractivity contribution is 7.89. The molecule has 0 aliphatic carbocycles. The van der Waals surface area contributed by atoms with E-state index in [9.17, 15) is 8.42 Å². The molecule has 3 aromatic carbocycles. The quantitative estimate of drug-likeness (QED) is 0.460. The van der Waals surface area contributed by atoms with Gasteiger partial charge >= 0.3 is 0 Å². The zero-order chi connectivity index (χ0) is 23.8. The highest BCUT2D eigenvalue weighted by Gasteiger charge is 2.23. The SMILES string of the molecule is O=S(=O)(NC[C@@H]1CCCN(Cc2cccc(OCCO)c2)C1)c1ccc(-c2ccccc2)cc1. The predicted octanol–water partition coefficient (Wildman–Crippen LogP) is 3.92. The van der Waals surface area contributed by atoms with E-state index in [1.807, 2.05) is 60.7 Å². The van der Waals surface area contributed by atoms with E-state index < -0.39 is 10.0 Å². The molecule has 180 valence electrons. The molecule has 0 unspecified atom stereocenters. The lowest BCUT2D eigenvalue weighted by molar-refractivity contribution is 0.168. The van der Waals surface area contributed by atoms with Crippen molar-refractivity contribution in [2.45, 2.75) is 24.3 Å². The third-order valence-corrected chi connectivity index (χ3v) is 7.54. The summed E-state index contributed by atoms with van der Waals surface area (Å²) in [5, 5.41) is 8.95. The molecule has 1 saturated heterocycles. The predicted molar refractivity (Wildman–Crippen MR) is 134 cm³/mol. The molecule has 3 aromatic rings. The number of aliphatic hydroxyl groups is 1. The summed E-state index contributed by atoms with van der Waals surface area (Å²) >= 11 is 0. The topological polar surface area (TPSA) is 78.9 Å². The first kappa shape index (κ1) is 24.4. The van der Waals surface area contributed by atoms with Gasteiger partial charge in [-0.15, -0.1) is 0 Å². The Morgan fingerprint density at radius 3 is 2.50 bits per heavy atom. The van der Waals surface area contributed by atoms with Crippen LogP contribution in [0, 0.1) is 5.92 Å². The number of nitrogens with one attached hydrogen (secondary N) is 1. The minimum atomic E-state index is -3.55. The lowest BCUT2D eigenvalue weighted by atomic mass is 9.98. The summed E-state index contributed by atoms with van der Waals surface area (Å²) < 4.78 is 34.1. The second-order valence-electron chi connectivity index (χ2n) is 8.71. The van der Waals surface area contributed by atoms with Gasteiger partial charge in [0.25, 0.3) is 0 Å². The number of hydrogen-bond acceptors (Lipinski definition) is 5. The summed E-state index contributed by atoms with van der Waals surface area (Å²) in [5.41, 5.74) is 3.20. The molecule has 34 heavy (non-hydrogen) atoms. The third-order valence-electron chi connectivity index (χ3n) is 6.10. The van der Waals surface area contributed by atoms with Gasteiger partial charge in [0.05, 0.1) is 11.5 Å². The Bertz CT molecular complexity index is 1150. The molecule has 6 nitrogen and oxygen atoms in total. The van der Waals surface area contributed by atoms with Crippen LogP contribution >= 0.6 is 0 Å². The van der Waals surface area contributed by atoms with E-state index in [-0.39, 0.29) is 19.1 Å². The fourth-order valence-electron chi connectivity index (χ4n) is 4.38. The second kappa shape index (κ2) is 11.6. The molecular weight excluding hydrogens is 448 g/mol. The number of aliphatic hydroxyl groups excluding tert-OH is 1. The monoisotopic (exact) mass is 480 g/mol. The maximum absolute atomic E-state index is 12.9. The van der Waals surface area contributed by atoms with Crippen molar-refractivity contribution in [3.8, 4) is 16.9 Å². The summed E-state index contributed by atoms with van der Waals surface area (Å²) in [5.74, 6) is 1.02. The van der Waals surface area contributed by atoms with E-state index in [0.29, 0.717) is 11.4 Å². The average Bonchev–Trinajstić information content (AvgIpc) is 2.87. The maximum atomic E-state index is 12.9. The Labute approximate surface area is 202 Å². The van der Waals surface area contributed by atoms with Crippen molar-refractivity contribution in [1.82, 2.24) is 9.62 Å². The molecule has 0 saturated carbocycles. The van der Waals surface area contributed by atoms with E-state index in [0.717, 1.165) is 54.9 Å². The molecule has 1 aliphatic heterocycles. The summed E-state index contributed by atoms with van der Waals surface area (Å²) in [7, 11) is -3.55. The van der Waals surface area contributed by atoms with Crippen LogP contribution < -0.4 is 9.46 Å². The Balaban J connectivity index is 1.31. The third kappa shape index (κ3) is 6.67. The molecule has 0 radical (unpaired) electrons. The van der Waals surface area contributed by atoms with Crippen LogP contribution in [0.4, 0.5) is 0 Å². The van der Waals surface area contributed by atoms with Crippen LogP contribution in [0.3, 0.4) is 0 Å². The molecular formula is C27H32N2O4S. The number of sulfonamides is 1. The van der Waals surface area contributed by atoms with Gasteiger partial charge in [0.2, 0.25) is 10.0 Å². The summed E-state index contributed by atoms with van der Waals surface area (Å²) in [6.07, 6.45) is 2.05. The Morgan fingerprint density at radius 1 is 0.971 bits per heavy atom. The first-order chi connectivity index (χ1) is 16.5. The van der Waals surface area contributed by atoms with Crippen LogP contribution in [0.1, 0.15) is 18.4 Å². The van der Waals surface area contributed by atoms with E-state index in [4.69, 9.17) is 9.84 Å². The molecule has 4 rings (SSSR count). The number of rotatable bonds is 10. The fourth-order valence-corrected chi connectivity index (χ4v) is 5.50. The van der Waals surface area contributed by atoms with Crippen molar-refractivity contribution >= 4 is 10.0 Å². The lowest BCUT2D eigenvalue weighted by Gasteiger charge is -2.32. The molecule has 0 spiro atoms. The van der Waals surface area contributed by atoms with E-state index in [1.54, 1.807) is 12.1 Å². The van der Waals surface area contributed by atoms with Gasteiger partial charge in [0.15, 0.2) is 0 Å². The van der Waals surface area contributed by atoms with Gasteiger partial charge in [-0.2, -0.15) is 0 Å². The van der Waals surface area contributed by atoms with Crippen LogP contribution in [-0.2, 0) is 16.6 Å². The van der Waals surface area contributed by atoms with Crippen LogP contribution in [-0.4, -0.2) is 51.3 Å². The summed E-state index contributed by atoms with van der Waals surface area (Å²) in [4.78, 5) is 2.65. The summed E-state index contributed by atoms with van der Waals surface area (Å²) in [6.45, 7) is 3.33. The van der Waals surface area contributed by atoms with E-state index >= 15 is 0 Å². The van der Waals surface area contributed by atoms with Gasteiger partial charge in [0.1, 0.15) is 12.4 Å². The van der Waals surface area contributed by atoms with Gasteiger partial charge in [0, 0.05) is 19.6 Å².